The Balaban J connectivity index is 2.22. The summed E-state index contributed by atoms with van der Waals surface area (Å²) < 4.78 is 6.41. The summed E-state index contributed by atoms with van der Waals surface area (Å²) in [6.45, 7) is 3.34. The van der Waals surface area contributed by atoms with Crippen LogP contribution in [0.1, 0.15) is 29.0 Å². The van der Waals surface area contributed by atoms with Crippen LogP contribution in [-0.2, 0) is 16.6 Å². The number of methoxy groups -OCH3 is 1. The van der Waals surface area contributed by atoms with E-state index in [2.05, 4.69) is 15.7 Å². The highest BCUT2D eigenvalue weighted by molar-refractivity contribution is 5.92. The molecule has 0 bridgehead atoms. The van der Waals surface area contributed by atoms with E-state index in [0.717, 1.165) is 12.1 Å². The van der Waals surface area contributed by atoms with Gasteiger partial charge in [-0.15, -0.1) is 0 Å². The van der Waals surface area contributed by atoms with E-state index in [0.29, 0.717) is 25.4 Å². The summed E-state index contributed by atoms with van der Waals surface area (Å²) in [6.07, 6.45) is 1.04. The highest BCUT2D eigenvalue weighted by Gasteiger charge is 2.11. The normalized spacial score (nSPS) is 10.3. The number of amides is 2. The Labute approximate surface area is 118 Å². The second-order valence-corrected chi connectivity index (χ2v) is 4.50. The number of carbonyl (C=O) groups excluding carboxylic acids is 2. The monoisotopic (exact) mass is 282 g/mol. The maximum Gasteiger partial charge on any atom is 0.269 e. The van der Waals surface area contributed by atoms with Crippen LogP contribution in [0.2, 0.25) is 0 Å². The van der Waals surface area contributed by atoms with Crippen LogP contribution in [0, 0.1) is 6.92 Å². The van der Waals surface area contributed by atoms with Crippen molar-refractivity contribution in [2.24, 2.45) is 7.05 Å². The van der Waals surface area contributed by atoms with Gasteiger partial charge in [-0.05, 0) is 19.4 Å². The Kier molecular flexibility index (Phi) is 6.72. The van der Waals surface area contributed by atoms with E-state index in [1.807, 2.05) is 6.92 Å². The van der Waals surface area contributed by atoms with Gasteiger partial charge in [-0.2, -0.15) is 5.10 Å². The van der Waals surface area contributed by atoms with Crippen molar-refractivity contribution in [3.63, 3.8) is 0 Å². The molecule has 20 heavy (non-hydrogen) atoms. The molecule has 1 aromatic rings. The Bertz CT molecular complexity index is 456. The standard InChI is InChI=1S/C13H22N4O3/c1-10-9-11(17(2)16-10)13(19)15-7-5-12(18)14-6-4-8-20-3/h9H,4-8H2,1-3H3,(H,14,18)(H,15,19). The van der Waals surface area contributed by atoms with Gasteiger partial charge < -0.3 is 15.4 Å². The van der Waals surface area contributed by atoms with Crippen molar-refractivity contribution in [2.45, 2.75) is 19.8 Å². The zero-order valence-corrected chi connectivity index (χ0v) is 12.2. The molecule has 1 aromatic heterocycles. The molecule has 0 aliphatic heterocycles. The number of nitrogens with zero attached hydrogens (tertiary/aromatic N) is 2. The first-order chi connectivity index (χ1) is 9.54. The van der Waals surface area contributed by atoms with Gasteiger partial charge in [-0.1, -0.05) is 0 Å². The van der Waals surface area contributed by atoms with E-state index in [9.17, 15) is 9.59 Å². The second kappa shape index (κ2) is 8.31. The molecule has 0 radical (unpaired) electrons. The predicted molar refractivity (Wildman–Crippen MR) is 74.4 cm³/mol. The van der Waals surface area contributed by atoms with Crippen LogP contribution in [0.15, 0.2) is 6.07 Å². The molecule has 0 saturated carbocycles. The van der Waals surface area contributed by atoms with Crippen LogP contribution in [-0.4, -0.2) is 48.4 Å². The van der Waals surface area contributed by atoms with Crippen molar-refractivity contribution in [3.05, 3.63) is 17.5 Å². The Morgan fingerprint density at radius 2 is 2.10 bits per heavy atom. The number of hydrogen-bond donors (Lipinski definition) is 2. The van der Waals surface area contributed by atoms with Crippen molar-refractivity contribution in [2.75, 3.05) is 26.8 Å². The number of rotatable bonds is 8. The summed E-state index contributed by atoms with van der Waals surface area (Å²) in [6, 6.07) is 1.71. The van der Waals surface area contributed by atoms with Crippen molar-refractivity contribution in [1.29, 1.82) is 0 Å². The summed E-state index contributed by atoms with van der Waals surface area (Å²) in [5.41, 5.74) is 1.27. The van der Waals surface area contributed by atoms with Crippen molar-refractivity contribution >= 4 is 11.8 Å². The van der Waals surface area contributed by atoms with Gasteiger partial charge in [0, 0.05) is 40.3 Å². The topological polar surface area (TPSA) is 85.2 Å². The Morgan fingerprint density at radius 3 is 2.70 bits per heavy atom. The molecule has 0 aliphatic rings. The molecule has 0 saturated heterocycles. The summed E-state index contributed by atoms with van der Waals surface area (Å²) in [5.74, 6) is -0.303. The number of ether oxygens (including phenoxy) is 1. The maximum atomic E-state index is 11.8. The van der Waals surface area contributed by atoms with E-state index in [4.69, 9.17) is 4.74 Å². The number of hydrogen-bond acceptors (Lipinski definition) is 4. The van der Waals surface area contributed by atoms with E-state index in [1.54, 1.807) is 20.2 Å². The molecular weight excluding hydrogens is 260 g/mol. The van der Waals surface area contributed by atoms with Crippen LogP contribution in [0.3, 0.4) is 0 Å². The zero-order valence-electron chi connectivity index (χ0n) is 12.2. The van der Waals surface area contributed by atoms with E-state index >= 15 is 0 Å². The summed E-state index contributed by atoms with van der Waals surface area (Å²) in [4.78, 5) is 23.3. The molecule has 2 amide bonds. The minimum absolute atomic E-state index is 0.0809. The summed E-state index contributed by atoms with van der Waals surface area (Å²) in [5, 5.41) is 9.56. The summed E-state index contributed by atoms with van der Waals surface area (Å²) >= 11 is 0. The molecule has 0 spiro atoms. The van der Waals surface area contributed by atoms with Gasteiger partial charge in [0.25, 0.3) is 5.91 Å². The minimum atomic E-state index is -0.222. The van der Waals surface area contributed by atoms with E-state index in [-0.39, 0.29) is 18.2 Å². The molecule has 1 rings (SSSR count). The lowest BCUT2D eigenvalue weighted by molar-refractivity contribution is -0.120. The SMILES string of the molecule is COCCCNC(=O)CCNC(=O)c1cc(C)nn1C. The molecule has 7 nitrogen and oxygen atoms in total. The Morgan fingerprint density at radius 1 is 1.35 bits per heavy atom. The first kappa shape index (κ1) is 16.2. The molecule has 7 heteroatoms. The predicted octanol–water partition coefficient (Wildman–Crippen LogP) is 0.00112. The molecule has 2 N–H and O–H groups in total. The smallest absolute Gasteiger partial charge is 0.269 e. The van der Waals surface area contributed by atoms with Crippen LogP contribution in [0.5, 0.6) is 0 Å². The molecular formula is C13H22N4O3. The fraction of sp³-hybridized carbons (Fsp3) is 0.615. The highest BCUT2D eigenvalue weighted by atomic mass is 16.5. The average molecular weight is 282 g/mol. The molecule has 112 valence electrons. The van der Waals surface area contributed by atoms with Crippen LogP contribution in [0.25, 0.3) is 0 Å². The minimum Gasteiger partial charge on any atom is -0.385 e. The third-order valence-electron chi connectivity index (χ3n) is 2.72. The molecule has 0 fully saturated rings. The molecule has 0 aromatic carbocycles. The van der Waals surface area contributed by atoms with Gasteiger partial charge in [0.1, 0.15) is 5.69 Å². The lowest BCUT2D eigenvalue weighted by Crippen LogP contribution is -2.32. The lowest BCUT2D eigenvalue weighted by Gasteiger charge is -2.06. The average Bonchev–Trinajstić information content (AvgIpc) is 2.74. The van der Waals surface area contributed by atoms with Gasteiger partial charge in [-0.3, -0.25) is 14.3 Å². The van der Waals surface area contributed by atoms with Gasteiger partial charge in [0.15, 0.2) is 0 Å². The number of aromatic nitrogens is 2. The lowest BCUT2D eigenvalue weighted by atomic mass is 10.3. The number of aryl methyl sites for hydroxylation is 2. The molecule has 0 unspecified atom stereocenters. The third kappa shape index (κ3) is 5.40. The Hall–Kier alpha value is -1.89. The van der Waals surface area contributed by atoms with E-state index < -0.39 is 0 Å². The first-order valence-corrected chi connectivity index (χ1v) is 6.59. The van der Waals surface area contributed by atoms with Crippen molar-refractivity contribution < 1.29 is 14.3 Å². The molecule has 1 heterocycles. The number of nitrogens with one attached hydrogen (secondary N) is 2. The summed E-state index contributed by atoms with van der Waals surface area (Å²) in [7, 11) is 3.34. The van der Waals surface area contributed by atoms with Gasteiger partial charge >= 0.3 is 0 Å². The number of carbonyl (C=O) groups is 2. The van der Waals surface area contributed by atoms with Crippen LogP contribution >= 0.6 is 0 Å². The van der Waals surface area contributed by atoms with Crippen molar-refractivity contribution in [3.8, 4) is 0 Å². The van der Waals surface area contributed by atoms with Gasteiger partial charge in [0.2, 0.25) is 5.91 Å². The molecule has 0 atom stereocenters. The maximum absolute atomic E-state index is 11.8. The van der Waals surface area contributed by atoms with Gasteiger partial charge in [0.05, 0.1) is 5.69 Å². The first-order valence-electron chi connectivity index (χ1n) is 6.59. The van der Waals surface area contributed by atoms with E-state index in [1.165, 1.54) is 4.68 Å². The van der Waals surface area contributed by atoms with Crippen molar-refractivity contribution in [1.82, 2.24) is 20.4 Å². The second-order valence-electron chi connectivity index (χ2n) is 4.50. The fourth-order valence-corrected chi connectivity index (χ4v) is 1.74. The highest BCUT2D eigenvalue weighted by Crippen LogP contribution is 2.01. The van der Waals surface area contributed by atoms with Crippen LogP contribution < -0.4 is 10.6 Å². The van der Waals surface area contributed by atoms with Crippen LogP contribution in [0.4, 0.5) is 0 Å². The third-order valence-corrected chi connectivity index (χ3v) is 2.72. The molecule has 0 aliphatic carbocycles. The largest absolute Gasteiger partial charge is 0.385 e. The van der Waals surface area contributed by atoms with Gasteiger partial charge in [-0.25, -0.2) is 0 Å². The fourth-order valence-electron chi connectivity index (χ4n) is 1.74. The zero-order chi connectivity index (χ0) is 15.0. The quantitative estimate of drug-likeness (QED) is 0.657.